The van der Waals surface area contributed by atoms with Gasteiger partial charge in [-0.25, -0.2) is 0 Å². The summed E-state index contributed by atoms with van der Waals surface area (Å²) in [5.74, 6) is 0.338. The highest BCUT2D eigenvalue weighted by atomic mass is 32.2. The summed E-state index contributed by atoms with van der Waals surface area (Å²) < 4.78 is 0. The van der Waals surface area contributed by atoms with Gasteiger partial charge in [0.1, 0.15) is 5.75 Å². The number of hydrogen-bond acceptors (Lipinski definition) is 2. The summed E-state index contributed by atoms with van der Waals surface area (Å²) in [6.45, 7) is 16.2. The lowest BCUT2D eigenvalue weighted by Gasteiger charge is -2.26. The Labute approximate surface area is 173 Å². The Morgan fingerprint density at radius 1 is 0.778 bits per heavy atom. The molecule has 4 heteroatoms. The van der Waals surface area contributed by atoms with Gasteiger partial charge in [0.25, 0.3) is 0 Å². The van der Waals surface area contributed by atoms with E-state index in [-0.39, 0.29) is 14.3 Å². The van der Waals surface area contributed by atoms with E-state index in [9.17, 15) is 0 Å². The highest BCUT2D eigenvalue weighted by Crippen LogP contribution is 2.29. The second-order valence-electron chi connectivity index (χ2n) is 7.32. The zero-order chi connectivity index (χ0) is 20.1. The number of rotatable bonds is 4. The molecule has 0 amide bonds. The quantitative estimate of drug-likeness (QED) is 0.438. The molecule has 0 spiro atoms. The molecule has 0 atom stereocenters. The van der Waals surface area contributed by atoms with Gasteiger partial charge in [0.05, 0.1) is 8.80 Å². The van der Waals surface area contributed by atoms with Crippen LogP contribution in [-0.4, -0.2) is 25.6 Å². The lowest BCUT2D eigenvalue weighted by molar-refractivity contribution is 0.475. The number of phenols is 1. The number of thioether (sulfide) groups is 1. The highest BCUT2D eigenvalue weighted by molar-refractivity contribution is 7.98. The SMILES string of the molecule is CC(C)[Si](C(C)C)C(C)C.CSc1ccccc1.Cc1cccc(O)c1.O. The van der Waals surface area contributed by atoms with E-state index < -0.39 is 0 Å². The van der Waals surface area contributed by atoms with Gasteiger partial charge >= 0.3 is 0 Å². The smallest absolute Gasteiger partial charge is 0.115 e. The van der Waals surface area contributed by atoms with Gasteiger partial charge < -0.3 is 10.6 Å². The van der Waals surface area contributed by atoms with Gasteiger partial charge in [0.15, 0.2) is 0 Å². The minimum Gasteiger partial charge on any atom is -0.508 e. The average Bonchev–Trinajstić information content (AvgIpc) is 2.55. The van der Waals surface area contributed by atoms with E-state index in [0.29, 0.717) is 5.75 Å². The molecule has 2 rings (SSSR count). The number of aromatic hydroxyl groups is 1. The molecule has 0 bridgehead atoms. The van der Waals surface area contributed by atoms with Crippen molar-refractivity contribution in [2.75, 3.05) is 6.26 Å². The van der Waals surface area contributed by atoms with Crippen molar-refractivity contribution in [2.24, 2.45) is 0 Å². The average molecular weight is 408 g/mol. The number of aryl methyl sites for hydroxylation is 1. The maximum absolute atomic E-state index is 8.81. The fourth-order valence-electron chi connectivity index (χ4n) is 3.18. The lowest BCUT2D eigenvalue weighted by Crippen LogP contribution is -2.24. The second kappa shape index (κ2) is 15.8. The van der Waals surface area contributed by atoms with E-state index in [4.69, 9.17) is 5.11 Å². The van der Waals surface area contributed by atoms with Gasteiger partial charge in [-0.05, 0) is 43.0 Å². The minimum atomic E-state index is -0.0957. The standard InChI is InChI=1S/C9H21Si.C7H8O.C7H8S.H2O/c1-7(2)10(8(3)4)9(5)6;1-6-3-2-4-7(8)5-6;1-8-7-5-3-2-4-6-7;/h7-9H,1-6H3;2-5,8H,1H3;2-6H,1H3;1H2. The van der Waals surface area contributed by atoms with E-state index in [2.05, 4.69) is 59.9 Å². The third-order valence-corrected chi connectivity index (χ3v) is 8.72. The maximum Gasteiger partial charge on any atom is 0.115 e. The van der Waals surface area contributed by atoms with Crippen LogP contribution in [0.3, 0.4) is 0 Å². The second-order valence-corrected chi connectivity index (χ2v) is 12.7. The Kier molecular flexibility index (Phi) is 16.4. The van der Waals surface area contributed by atoms with Crippen molar-refractivity contribution in [3.05, 3.63) is 60.2 Å². The molecule has 0 fully saturated rings. The van der Waals surface area contributed by atoms with Crippen molar-refractivity contribution in [1.82, 2.24) is 0 Å². The van der Waals surface area contributed by atoms with Crippen LogP contribution in [0.4, 0.5) is 0 Å². The third-order valence-electron chi connectivity index (χ3n) is 3.98. The van der Waals surface area contributed by atoms with E-state index in [1.165, 1.54) is 4.90 Å². The van der Waals surface area contributed by atoms with Crippen molar-refractivity contribution in [3.8, 4) is 5.75 Å². The number of phenolic OH excluding ortho intramolecular Hbond substituents is 1. The molecule has 0 heterocycles. The van der Waals surface area contributed by atoms with Crippen LogP contribution in [0.1, 0.15) is 47.1 Å². The Hall–Kier alpha value is -1.23. The first-order valence-corrected chi connectivity index (χ1v) is 12.4. The fourth-order valence-corrected chi connectivity index (χ4v) is 7.61. The van der Waals surface area contributed by atoms with Gasteiger partial charge in [0, 0.05) is 4.90 Å². The summed E-state index contributed by atoms with van der Waals surface area (Å²) in [5.41, 5.74) is 3.89. The van der Waals surface area contributed by atoms with Crippen LogP contribution in [0, 0.1) is 6.92 Å². The predicted octanol–water partition coefficient (Wildman–Crippen LogP) is 7.00. The zero-order valence-electron chi connectivity index (χ0n) is 18.3. The molecular formula is C23H39O2SSi. The van der Waals surface area contributed by atoms with Crippen LogP contribution in [0.2, 0.25) is 16.6 Å². The van der Waals surface area contributed by atoms with Gasteiger partial charge in [-0.15, -0.1) is 11.8 Å². The van der Waals surface area contributed by atoms with E-state index in [1.807, 2.05) is 37.3 Å². The Balaban J connectivity index is 0. The first-order chi connectivity index (χ1) is 12.2. The molecule has 0 saturated heterocycles. The monoisotopic (exact) mass is 407 g/mol. The largest absolute Gasteiger partial charge is 0.508 e. The Bertz CT molecular complexity index is 550. The van der Waals surface area contributed by atoms with Crippen molar-refractivity contribution in [1.29, 1.82) is 0 Å². The molecule has 3 N–H and O–H groups in total. The molecule has 0 unspecified atom stereocenters. The summed E-state index contributed by atoms with van der Waals surface area (Å²) in [4.78, 5) is 1.33. The molecule has 0 saturated carbocycles. The summed E-state index contributed by atoms with van der Waals surface area (Å²) >= 11 is 1.77. The molecule has 0 aliphatic rings. The molecule has 27 heavy (non-hydrogen) atoms. The van der Waals surface area contributed by atoms with Crippen LogP contribution in [-0.2, 0) is 0 Å². The Morgan fingerprint density at radius 2 is 1.26 bits per heavy atom. The molecular weight excluding hydrogens is 368 g/mol. The first kappa shape index (κ1) is 28.0. The van der Waals surface area contributed by atoms with E-state index in [1.54, 1.807) is 23.9 Å². The molecule has 0 aliphatic heterocycles. The lowest BCUT2D eigenvalue weighted by atomic mass is 10.2. The van der Waals surface area contributed by atoms with Crippen molar-refractivity contribution >= 4 is 20.6 Å². The first-order valence-electron chi connectivity index (χ1n) is 9.40. The van der Waals surface area contributed by atoms with Gasteiger partial charge in [0.2, 0.25) is 0 Å². The van der Waals surface area contributed by atoms with Crippen LogP contribution in [0.5, 0.6) is 5.75 Å². The summed E-state index contributed by atoms with van der Waals surface area (Å²) in [6, 6.07) is 17.5. The molecule has 2 aromatic carbocycles. The van der Waals surface area contributed by atoms with Crippen LogP contribution in [0.15, 0.2) is 59.5 Å². The van der Waals surface area contributed by atoms with Crippen molar-refractivity contribution in [3.63, 3.8) is 0 Å². The molecule has 1 radical (unpaired) electrons. The predicted molar refractivity (Wildman–Crippen MR) is 126 cm³/mol. The topological polar surface area (TPSA) is 51.7 Å². The molecule has 2 aromatic rings. The normalized spacial score (nSPS) is 10.1. The zero-order valence-corrected chi connectivity index (χ0v) is 20.1. The summed E-state index contributed by atoms with van der Waals surface area (Å²) in [6.07, 6.45) is 2.08. The van der Waals surface area contributed by atoms with Gasteiger partial charge in [-0.3, -0.25) is 0 Å². The highest BCUT2D eigenvalue weighted by Gasteiger charge is 2.22. The molecule has 0 aliphatic carbocycles. The molecule has 0 aromatic heterocycles. The minimum absolute atomic E-state index is 0. The summed E-state index contributed by atoms with van der Waals surface area (Å²) in [5, 5.41) is 8.81. The van der Waals surface area contributed by atoms with Gasteiger partial charge in [-0.1, -0.05) is 88.5 Å². The van der Waals surface area contributed by atoms with E-state index >= 15 is 0 Å². The van der Waals surface area contributed by atoms with Crippen molar-refractivity contribution < 1.29 is 10.6 Å². The maximum atomic E-state index is 8.81. The van der Waals surface area contributed by atoms with Crippen molar-refractivity contribution in [2.45, 2.75) is 70.0 Å². The fraction of sp³-hybridized carbons (Fsp3) is 0.478. The number of hydrogen-bond donors (Lipinski definition) is 1. The molecule has 153 valence electrons. The molecule has 2 nitrogen and oxygen atoms in total. The Morgan fingerprint density at radius 3 is 1.48 bits per heavy atom. The van der Waals surface area contributed by atoms with Crippen LogP contribution >= 0.6 is 11.8 Å². The third kappa shape index (κ3) is 13.6. The van der Waals surface area contributed by atoms with Gasteiger partial charge in [-0.2, -0.15) is 0 Å². The van der Waals surface area contributed by atoms with Crippen LogP contribution < -0.4 is 0 Å². The number of benzene rings is 2. The van der Waals surface area contributed by atoms with E-state index in [0.717, 1.165) is 22.2 Å². The summed E-state index contributed by atoms with van der Waals surface area (Å²) in [7, 11) is -0.0957. The van der Waals surface area contributed by atoms with Crippen LogP contribution in [0.25, 0.3) is 0 Å².